The summed E-state index contributed by atoms with van der Waals surface area (Å²) in [7, 11) is 0. The van der Waals surface area contributed by atoms with Crippen molar-refractivity contribution in [2.75, 3.05) is 6.54 Å². The number of imidazole rings is 1. The van der Waals surface area contributed by atoms with E-state index < -0.39 is 0 Å². The van der Waals surface area contributed by atoms with Gasteiger partial charge in [-0.25, -0.2) is 4.98 Å². The van der Waals surface area contributed by atoms with Gasteiger partial charge in [-0.15, -0.1) is 0 Å². The second-order valence-corrected chi connectivity index (χ2v) is 4.53. The van der Waals surface area contributed by atoms with Crippen LogP contribution in [0, 0.1) is 5.92 Å². The van der Waals surface area contributed by atoms with Gasteiger partial charge in [0.2, 0.25) is 11.7 Å². The molecule has 2 unspecified atom stereocenters. The minimum Gasteiger partial charge on any atom is -0.342 e. The summed E-state index contributed by atoms with van der Waals surface area (Å²) in [6, 6.07) is 0.176. The molecule has 2 aromatic heterocycles. The van der Waals surface area contributed by atoms with Crippen molar-refractivity contribution in [3.05, 3.63) is 18.3 Å². The first-order valence-electron chi connectivity index (χ1n) is 5.89. The second-order valence-electron chi connectivity index (χ2n) is 4.53. The fourth-order valence-corrected chi connectivity index (χ4v) is 2.16. The van der Waals surface area contributed by atoms with Crippen molar-refractivity contribution in [2.24, 2.45) is 5.92 Å². The number of aromatic nitrogens is 4. The standard InChI is InChI=1S/C11H15N5O/c1-7-2-3-12-8(6-7)11-15-10(16-17-11)9-13-4-5-14-9/h4-5,7-8,12H,2-3,6H2,1H3,(H,13,14). The first-order chi connectivity index (χ1) is 8.33. The molecule has 2 aromatic rings. The van der Waals surface area contributed by atoms with Crippen LogP contribution in [0.2, 0.25) is 0 Å². The van der Waals surface area contributed by atoms with E-state index in [1.54, 1.807) is 12.4 Å². The van der Waals surface area contributed by atoms with Gasteiger partial charge in [-0.1, -0.05) is 12.1 Å². The lowest BCUT2D eigenvalue weighted by atomic mass is 9.94. The summed E-state index contributed by atoms with van der Waals surface area (Å²) in [5, 5.41) is 7.34. The fourth-order valence-electron chi connectivity index (χ4n) is 2.16. The van der Waals surface area contributed by atoms with E-state index in [0.29, 0.717) is 23.5 Å². The summed E-state index contributed by atoms with van der Waals surface area (Å²) in [6.07, 6.45) is 5.66. The zero-order chi connectivity index (χ0) is 11.7. The average molecular weight is 233 g/mol. The Balaban J connectivity index is 1.80. The summed E-state index contributed by atoms with van der Waals surface area (Å²) in [6.45, 7) is 3.25. The van der Waals surface area contributed by atoms with E-state index in [2.05, 4.69) is 32.3 Å². The smallest absolute Gasteiger partial charge is 0.244 e. The van der Waals surface area contributed by atoms with Crippen LogP contribution in [0.4, 0.5) is 0 Å². The number of nitrogens with one attached hydrogen (secondary N) is 2. The highest BCUT2D eigenvalue weighted by molar-refractivity contribution is 5.40. The Morgan fingerprint density at radius 3 is 3.18 bits per heavy atom. The largest absolute Gasteiger partial charge is 0.342 e. The van der Waals surface area contributed by atoms with Crippen molar-refractivity contribution in [3.8, 4) is 11.6 Å². The number of H-pyrrole nitrogens is 1. The van der Waals surface area contributed by atoms with Crippen LogP contribution in [0.5, 0.6) is 0 Å². The van der Waals surface area contributed by atoms with Crippen LogP contribution in [0.1, 0.15) is 31.7 Å². The molecule has 0 radical (unpaired) electrons. The molecule has 0 aromatic carbocycles. The summed E-state index contributed by atoms with van der Waals surface area (Å²) in [5.74, 6) is 2.51. The van der Waals surface area contributed by atoms with Crippen LogP contribution >= 0.6 is 0 Å². The SMILES string of the molecule is CC1CCNC(c2nc(-c3ncc[nH]3)no2)C1. The van der Waals surface area contributed by atoms with Crippen LogP contribution in [-0.4, -0.2) is 26.7 Å². The second kappa shape index (κ2) is 4.29. The predicted molar refractivity (Wildman–Crippen MR) is 61.0 cm³/mol. The van der Waals surface area contributed by atoms with Gasteiger partial charge in [0.05, 0.1) is 6.04 Å². The summed E-state index contributed by atoms with van der Waals surface area (Å²) < 4.78 is 5.29. The van der Waals surface area contributed by atoms with Crippen LogP contribution in [0.15, 0.2) is 16.9 Å². The van der Waals surface area contributed by atoms with Crippen LogP contribution in [-0.2, 0) is 0 Å². The molecule has 2 N–H and O–H groups in total. The Morgan fingerprint density at radius 1 is 1.47 bits per heavy atom. The molecule has 3 rings (SSSR count). The van der Waals surface area contributed by atoms with Crippen molar-refractivity contribution in [1.82, 2.24) is 25.4 Å². The minimum absolute atomic E-state index is 0.176. The highest BCUT2D eigenvalue weighted by Gasteiger charge is 2.25. The zero-order valence-corrected chi connectivity index (χ0v) is 9.68. The van der Waals surface area contributed by atoms with E-state index in [-0.39, 0.29) is 6.04 Å². The van der Waals surface area contributed by atoms with Gasteiger partial charge in [-0.2, -0.15) is 4.98 Å². The van der Waals surface area contributed by atoms with Gasteiger partial charge in [-0.3, -0.25) is 0 Å². The van der Waals surface area contributed by atoms with Crippen LogP contribution in [0.25, 0.3) is 11.6 Å². The first kappa shape index (κ1) is 10.5. The third-order valence-electron chi connectivity index (χ3n) is 3.12. The van der Waals surface area contributed by atoms with E-state index in [0.717, 1.165) is 13.0 Å². The topological polar surface area (TPSA) is 79.6 Å². The minimum atomic E-state index is 0.176. The molecule has 1 aliphatic heterocycles. The van der Waals surface area contributed by atoms with Gasteiger partial charge in [-0.05, 0) is 25.3 Å². The highest BCUT2D eigenvalue weighted by Crippen LogP contribution is 2.26. The van der Waals surface area contributed by atoms with E-state index in [4.69, 9.17) is 4.52 Å². The molecule has 6 heteroatoms. The molecule has 1 fully saturated rings. The number of hydrogen-bond donors (Lipinski definition) is 2. The normalized spacial score (nSPS) is 25.0. The molecular weight excluding hydrogens is 218 g/mol. The van der Waals surface area contributed by atoms with Crippen LogP contribution < -0.4 is 5.32 Å². The molecule has 0 bridgehead atoms. The Morgan fingerprint density at radius 2 is 2.41 bits per heavy atom. The predicted octanol–water partition coefficient (Wildman–Crippen LogP) is 1.52. The summed E-state index contributed by atoms with van der Waals surface area (Å²) in [4.78, 5) is 11.4. The molecule has 0 aliphatic carbocycles. The van der Waals surface area contributed by atoms with E-state index >= 15 is 0 Å². The monoisotopic (exact) mass is 233 g/mol. The highest BCUT2D eigenvalue weighted by atomic mass is 16.5. The molecule has 0 spiro atoms. The molecule has 1 saturated heterocycles. The van der Waals surface area contributed by atoms with Crippen molar-refractivity contribution < 1.29 is 4.52 Å². The molecular formula is C11H15N5O. The van der Waals surface area contributed by atoms with Crippen molar-refractivity contribution in [1.29, 1.82) is 0 Å². The maximum Gasteiger partial charge on any atom is 0.244 e. The Bertz CT molecular complexity index is 478. The van der Waals surface area contributed by atoms with E-state index in [1.165, 1.54) is 6.42 Å². The molecule has 90 valence electrons. The maximum atomic E-state index is 5.29. The maximum absolute atomic E-state index is 5.29. The summed E-state index contributed by atoms with van der Waals surface area (Å²) >= 11 is 0. The molecule has 6 nitrogen and oxygen atoms in total. The molecule has 0 amide bonds. The number of hydrogen-bond acceptors (Lipinski definition) is 5. The van der Waals surface area contributed by atoms with Crippen molar-refractivity contribution in [2.45, 2.75) is 25.8 Å². The van der Waals surface area contributed by atoms with Crippen molar-refractivity contribution in [3.63, 3.8) is 0 Å². The Labute approximate surface area is 98.8 Å². The molecule has 0 saturated carbocycles. The third kappa shape index (κ3) is 2.08. The Hall–Kier alpha value is -1.69. The lowest BCUT2D eigenvalue weighted by Gasteiger charge is -2.25. The van der Waals surface area contributed by atoms with E-state index in [1.807, 2.05) is 0 Å². The van der Waals surface area contributed by atoms with Gasteiger partial charge < -0.3 is 14.8 Å². The van der Waals surface area contributed by atoms with E-state index in [9.17, 15) is 0 Å². The number of aromatic amines is 1. The number of rotatable bonds is 2. The van der Waals surface area contributed by atoms with Gasteiger partial charge in [0.25, 0.3) is 0 Å². The first-order valence-corrected chi connectivity index (χ1v) is 5.89. The number of piperidine rings is 1. The van der Waals surface area contributed by atoms with Gasteiger partial charge in [0.15, 0.2) is 5.82 Å². The van der Waals surface area contributed by atoms with Gasteiger partial charge in [0, 0.05) is 12.4 Å². The Kier molecular flexibility index (Phi) is 2.64. The molecule has 3 heterocycles. The average Bonchev–Trinajstić information content (AvgIpc) is 3.00. The fraction of sp³-hybridized carbons (Fsp3) is 0.545. The zero-order valence-electron chi connectivity index (χ0n) is 9.68. The lowest BCUT2D eigenvalue weighted by Crippen LogP contribution is -2.30. The lowest BCUT2D eigenvalue weighted by molar-refractivity contribution is 0.260. The molecule has 17 heavy (non-hydrogen) atoms. The van der Waals surface area contributed by atoms with Crippen molar-refractivity contribution >= 4 is 0 Å². The molecule has 2 atom stereocenters. The number of nitrogens with zero attached hydrogens (tertiary/aromatic N) is 3. The van der Waals surface area contributed by atoms with Crippen LogP contribution in [0.3, 0.4) is 0 Å². The summed E-state index contributed by atoms with van der Waals surface area (Å²) in [5.41, 5.74) is 0. The van der Waals surface area contributed by atoms with Gasteiger partial charge in [0.1, 0.15) is 0 Å². The third-order valence-corrected chi connectivity index (χ3v) is 3.12. The molecule has 1 aliphatic rings. The quantitative estimate of drug-likeness (QED) is 0.822. The van der Waals surface area contributed by atoms with Gasteiger partial charge >= 0.3 is 0 Å².